The van der Waals surface area contributed by atoms with Gasteiger partial charge in [0.25, 0.3) is 0 Å². The number of H-pyrrole nitrogens is 1. The zero-order chi connectivity index (χ0) is 14.4. The maximum atomic E-state index is 12.1. The number of aromatic amines is 1. The molecule has 0 unspecified atom stereocenters. The maximum Gasteiger partial charge on any atom is 0.199 e. The van der Waals surface area contributed by atoms with Crippen molar-refractivity contribution in [2.45, 2.75) is 20.8 Å². The Balaban J connectivity index is 2.41. The van der Waals surface area contributed by atoms with Crippen molar-refractivity contribution in [3.8, 4) is 11.4 Å². The standard InChI is InChI=1S/C13H12ClN5O/c1-6-4-10(20)9(5-15-6)12-17-18-13-11(14)16-7(2)8(3)19(12)13/h4-5H,1-3H3,(H,15,20). The summed E-state index contributed by atoms with van der Waals surface area (Å²) in [6, 6.07) is 1.53. The van der Waals surface area contributed by atoms with Gasteiger partial charge in [-0.05, 0) is 20.8 Å². The number of hydrogen-bond donors (Lipinski definition) is 1. The van der Waals surface area contributed by atoms with Crippen molar-refractivity contribution in [3.63, 3.8) is 0 Å². The molecular weight excluding hydrogens is 278 g/mol. The van der Waals surface area contributed by atoms with E-state index in [-0.39, 0.29) is 10.6 Å². The van der Waals surface area contributed by atoms with Crippen LogP contribution in [0.4, 0.5) is 0 Å². The Labute approximate surface area is 119 Å². The average Bonchev–Trinajstić information content (AvgIpc) is 2.81. The topological polar surface area (TPSA) is 75.9 Å². The van der Waals surface area contributed by atoms with Crippen molar-refractivity contribution >= 4 is 17.2 Å². The fourth-order valence-corrected chi connectivity index (χ4v) is 2.35. The molecule has 20 heavy (non-hydrogen) atoms. The van der Waals surface area contributed by atoms with Gasteiger partial charge in [0, 0.05) is 23.7 Å². The second-order valence-corrected chi connectivity index (χ2v) is 5.01. The number of hydrogen-bond acceptors (Lipinski definition) is 4. The van der Waals surface area contributed by atoms with Crippen molar-refractivity contribution in [1.29, 1.82) is 0 Å². The van der Waals surface area contributed by atoms with E-state index in [0.29, 0.717) is 17.0 Å². The molecule has 6 nitrogen and oxygen atoms in total. The van der Waals surface area contributed by atoms with Crippen molar-refractivity contribution in [2.24, 2.45) is 0 Å². The molecule has 3 aromatic rings. The molecule has 7 heteroatoms. The highest BCUT2D eigenvalue weighted by atomic mass is 35.5. The summed E-state index contributed by atoms with van der Waals surface area (Å²) >= 11 is 6.08. The number of nitrogens with one attached hydrogen (secondary N) is 1. The predicted molar refractivity (Wildman–Crippen MR) is 76.1 cm³/mol. The van der Waals surface area contributed by atoms with E-state index in [0.717, 1.165) is 17.1 Å². The zero-order valence-electron chi connectivity index (χ0n) is 11.2. The summed E-state index contributed by atoms with van der Waals surface area (Å²) in [5, 5.41) is 8.39. The van der Waals surface area contributed by atoms with Crippen LogP contribution in [0.1, 0.15) is 17.1 Å². The molecule has 0 atom stereocenters. The van der Waals surface area contributed by atoms with E-state index in [9.17, 15) is 4.79 Å². The fraction of sp³-hybridized carbons (Fsp3) is 0.231. The lowest BCUT2D eigenvalue weighted by Gasteiger charge is -2.07. The lowest BCUT2D eigenvalue weighted by Crippen LogP contribution is -2.09. The number of halogens is 1. The van der Waals surface area contributed by atoms with Gasteiger partial charge in [0.1, 0.15) is 0 Å². The summed E-state index contributed by atoms with van der Waals surface area (Å²) < 4.78 is 1.75. The Bertz CT molecular complexity index is 880. The SMILES string of the molecule is Cc1cc(=O)c(-c2nnc3c(Cl)nc(C)c(C)n23)c[nH]1. The van der Waals surface area contributed by atoms with Crippen molar-refractivity contribution in [2.75, 3.05) is 0 Å². The molecule has 0 saturated heterocycles. The highest BCUT2D eigenvalue weighted by molar-refractivity contribution is 6.32. The second-order valence-electron chi connectivity index (χ2n) is 4.65. The van der Waals surface area contributed by atoms with E-state index in [2.05, 4.69) is 20.2 Å². The van der Waals surface area contributed by atoms with E-state index in [1.54, 1.807) is 10.6 Å². The van der Waals surface area contributed by atoms with Crippen LogP contribution in [0, 0.1) is 20.8 Å². The van der Waals surface area contributed by atoms with Crippen LogP contribution in [0.25, 0.3) is 17.0 Å². The number of aryl methyl sites for hydroxylation is 3. The Kier molecular flexibility index (Phi) is 2.83. The molecule has 102 valence electrons. The first-order chi connectivity index (χ1) is 9.49. The lowest BCUT2D eigenvalue weighted by atomic mass is 10.2. The highest BCUT2D eigenvalue weighted by Crippen LogP contribution is 2.22. The molecular formula is C13H12ClN5O. The first-order valence-electron chi connectivity index (χ1n) is 6.06. The molecule has 3 rings (SSSR count). The Morgan fingerprint density at radius 3 is 2.70 bits per heavy atom. The molecule has 0 aliphatic carbocycles. The van der Waals surface area contributed by atoms with Gasteiger partial charge in [0.05, 0.1) is 11.3 Å². The normalized spacial score (nSPS) is 11.2. The number of rotatable bonds is 1. The van der Waals surface area contributed by atoms with Crippen LogP contribution < -0.4 is 5.43 Å². The number of nitrogens with zero attached hydrogens (tertiary/aromatic N) is 4. The quantitative estimate of drug-likeness (QED) is 0.744. The van der Waals surface area contributed by atoms with Gasteiger partial charge in [0.2, 0.25) is 0 Å². The van der Waals surface area contributed by atoms with Gasteiger partial charge >= 0.3 is 0 Å². The summed E-state index contributed by atoms with van der Waals surface area (Å²) in [6.45, 7) is 5.56. The van der Waals surface area contributed by atoms with Crippen LogP contribution in [0.3, 0.4) is 0 Å². The van der Waals surface area contributed by atoms with E-state index in [1.807, 2.05) is 20.8 Å². The van der Waals surface area contributed by atoms with Crippen LogP contribution in [0.15, 0.2) is 17.1 Å². The number of fused-ring (bicyclic) bond motifs is 1. The summed E-state index contributed by atoms with van der Waals surface area (Å²) in [5.41, 5.74) is 3.20. The maximum absolute atomic E-state index is 12.1. The predicted octanol–water partition coefficient (Wildman–Crippen LogP) is 2.06. The highest BCUT2D eigenvalue weighted by Gasteiger charge is 2.17. The summed E-state index contributed by atoms with van der Waals surface area (Å²) in [7, 11) is 0. The van der Waals surface area contributed by atoms with Crippen molar-refractivity contribution in [1.82, 2.24) is 24.6 Å². The van der Waals surface area contributed by atoms with Gasteiger partial charge in [-0.2, -0.15) is 0 Å². The smallest absolute Gasteiger partial charge is 0.199 e. The lowest BCUT2D eigenvalue weighted by molar-refractivity contribution is 0.996. The third kappa shape index (κ3) is 1.80. The molecule has 0 amide bonds. The Morgan fingerprint density at radius 2 is 2.00 bits per heavy atom. The van der Waals surface area contributed by atoms with Gasteiger partial charge in [-0.25, -0.2) is 4.98 Å². The molecule has 0 bridgehead atoms. The summed E-state index contributed by atoms with van der Waals surface area (Å²) in [5.74, 6) is 0.464. The first kappa shape index (κ1) is 12.8. The van der Waals surface area contributed by atoms with E-state index in [4.69, 9.17) is 11.6 Å². The van der Waals surface area contributed by atoms with Crippen LogP contribution in [-0.2, 0) is 0 Å². The minimum absolute atomic E-state index is 0.111. The molecule has 0 saturated carbocycles. The molecule has 1 N–H and O–H groups in total. The largest absolute Gasteiger partial charge is 0.364 e. The van der Waals surface area contributed by atoms with Gasteiger partial charge in [-0.3, -0.25) is 9.20 Å². The molecule has 3 aromatic heterocycles. The van der Waals surface area contributed by atoms with Crippen molar-refractivity contribution in [3.05, 3.63) is 44.7 Å². The van der Waals surface area contributed by atoms with Crippen LogP contribution >= 0.6 is 11.6 Å². The van der Waals surface area contributed by atoms with Gasteiger partial charge in [-0.15, -0.1) is 10.2 Å². The van der Waals surface area contributed by atoms with Gasteiger partial charge in [-0.1, -0.05) is 11.6 Å². The Morgan fingerprint density at radius 1 is 1.25 bits per heavy atom. The van der Waals surface area contributed by atoms with Crippen molar-refractivity contribution < 1.29 is 0 Å². The molecule has 0 radical (unpaired) electrons. The second kappa shape index (κ2) is 4.42. The van der Waals surface area contributed by atoms with E-state index in [1.165, 1.54) is 6.07 Å². The van der Waals surface area contributed by atoms with Crippen LogP contribution in [0.5, 0.6) is 0 Å². The van der Waals surface area contributed by atoms with E-state index < -0.39 is 0 Å². The number of aromatic nitrogens is 5. The molecule has 0 fully saturated rings. The minimum atomic E-state index is -0.111. The van der Waals surface area contributed by atoms with Gasteiger partial charge in [0.15, 0.2) is 22.1 Å². The fourth-order valence-electron chi connectivity index (χ4n) is 2.10. The van der Waals surface area contributed by atoms with Gasteiger partial charge < -0.3 is 4.98 Å². The third-order valence-corrected chi connectivity index (χ3v) is 3.52. The average molecular weight is 290 g/mol. The molecule has 0 aliphatic rings. The zero-order valence-corrected chi connectivity index (χ0v) is 12.0. The number of pyridine rings is 1. The molecule has 0 spiro atoms. The van der Waals surface area contributed by atoms with Crippen LogP contribution in [0.2, 0.25) is 5.15 Å². The molecule has 0 aliphatic heterocycles. The Hall–Kier alpha value is -2.21. The minimum Gasteiger partial charge on any atom is -0.364 e. The summed E-state index contributed by atoms with van der Waals surface area (Å²) in [4.78, 5) is 19.3. The first-order valence-corrected chi connectivity index (χ1v) is 6.44. The molecule has 0 aromatic carbocycles. The third-order valence-electron chi connectivity index (χ3n) is 3.27. The summed E-state index contributed by atoms with van der Waals surface area (Å²) in [6.07, 6.45) is 1.64. The van der Waals surface area contributed by atoms with E-state index >= 15 is 0 Å². The monoisotopic (exact) mass is 289 g/mol. The molecule has 3 heterocycles. The van der Waals surface area contributed by atoms with Crippen LogP contribution in [-0.4, -0.2) is 24.6 Å².